The SMILES string of the molecule is Cc1csc(N2CCCN(C(=O)Nc3ccc(F)c(F)c3F)CC2)n1. The molecule has 1 aliphatic heterocycles. The highest BCUT2D eigenvalue weighted by molar-refractivity contribution is 7.13. The topological polar surface area (TPSA) is 48.5 Å². The molecule has 1 aromatic carbocycles. The molecular weight excluding hydrogens is 353 g/mol. The second-order valence-electron chi connectivity index (χ2n) is 5.75. The maximum Gasteiger partial charge on any atom is 0.321 e. The fourth-order valence-electron chi connectivity index (χ4n) is 2.62. The molecule has 9 heteroatoms. The summed E-state index contributed by atoms with van der Waals surface area (Å²) in [6.07, 6.45) is 0.728. The van der Waals surface area contributed by atoms with E-state index in [-0.39, 0.29) is 5.69 Å². The zero-order valence-electron chi connectivity index (χ0n) is 13.6. The summed E-state index contributed by atoms with van der Waals surface area (Å²) in [6, 6.07) is 1.25. The van der Waals surface area contributed by atoms with E-state index in [1.807, 2.05) is 12.3 Å². The van der Waals surface area contributed by atoms with E-state index in [9.17, 15) is 18.0 Å². The number of rotatable bonds is 2. The fourth-order valence-corrected chi connectivity index (χ4v) is 3.47. The van der Waals surface area contributed by atoms with E-state index >= 15 is 0 Å². The summed E-state index contributed by atoms with van der Waals surface area (Å²) in [7, 11) is 0. The van der Waals surface area contributed by atoms with Crippen molar-refractivity contribution in [2.45, 2.75) is 13.3 Å². The molecule has 134 valence electrons. The summed E-state index contributed by atoms with van der Waals surface area (Å²) < 4.78 is 39.9. The van der Waals surface area contributed by atoms with Crippen LogP contribution in [0.4, 0.5) is 28.8 Å². The van der Waals surface area contributed by atoms with Crippen LogP contribution in [0.15, 0.2) is 17.5 Å². The molecule has 1 saturated heterocycles. The number of hydrogen-bond donors (Lipinski definition) is 1. The van der Waals surface area contributed by atoms with Crippen LogP contribution in [-0.4, -0.2) is 42.1 Å². The van der Waals surface area contributed by atoms with Crippen molar-refractivity contribution >= 4 is 28.2 Å². The van der Waals surface area contributed by atoms with Crippen LogP contribution in [0, 0.1) is 24.4 Å². The number of carbonyl (C=O) groups is 1. The molecule has 0 bridgehead atoms. The lowest BCUT2D eigenvalue weighted by Crippen LogP contribution is -2.38. The number of aryl methyl sites for hydroxylation is 1. The highest BCUT2D eigenvalue weighted by Gasteiger charge is 2.22. The summed E-state index contributed by atoms with van der Waals surface area (Å²) in [4.78, 5) is 20.4. The average molecular weight is 370 g/mol. The molecule has 2 aromatic rings. The average Bonchev–Trinajstić information content (AvgIpc) is 2.87. The molecule has 0 saturated carbocycles. The zero-order valence-corrected chi connectivity index (χ0v) is 14.4. The van der Waals surface area contributed by atoms with Crippen LogP contribution in [0.3, 0.4) is 0 Å². The van der Waals surface area contributed by atoms with Crippen LogP contribution < -0.4 is 10.2 Å². The fraction of sp³-hybridized carbons (Fsp3) is 0.375. The molecule has 1 fully saturated rings. The zero-order chi connectivity index (χ0) is 18.0. The highest BCUT2D eigenvalue weighted by atomic mass is 32.1. The number of benzene rings is 1. The van der Waals surface area contributed by atoms with Crippen LogP contribution in [0.2, 0.25) is 0 Å². The van der Waals surface area contributed by atoms with Gasteiger partial charge in [0.15, 0.2) is 22.6 Å². The predicted octanol–water partition coefficient (Wildman–Crippen LogP) is 3.61. The summed E-state index contributed by atoms with van der Waals surface area (Å²) >= 11 is 1.55. The van der Waals surface area contributed by atoms with Crippen molar-refractivity contribution in [3.8, 4) is 0 Å². The second kappa shape index (κ2) is 7.30. The molecule has 0 radical (unpaired) electrons. The monoisotopic (exact) mass is 370 g/mol. The first-order chi connectivity index (χ1) is 12.0. The minimum absolute atomic E-state index is 0.374. The van der Waals surface area contributed by atoms with Gasteiger partial charge in [-0.2, -0.15) is 0 Å². The highest BCUT2D eigenvalue weighted by Crippen LogP contribution is 2.23. The van der Waals surface area contributed by atoms with Gasteiger partial charge >= 0.3 is 6.03 Å². The number of carbonyl (C=O) groups excluding carboxylic acids is 1. The normalized spacial score (nSPS) is 15.2. The Labute approximate surface area is 147 Å². The number of urea groups is 1. The van der Waals surface area contributed by atoms with Crippen molar-refractivity contribution in [3.05, 3.63) is 40.7 Å². The number of nitrogens with one attached hydrogen (secondary N) is 1. The van der Waals surface area contributed by atoms with E-state index in [1.54, 1.807) is 11.3 Å². The molecule has 1 aromatic heterocycles. The lowest BCUT2D eigenvalue weighted by molar-refractivity contribution is 0.215. The molecule has 2 heterocycles. The van der Waals surface area contributed by atoms with E-state index in [0.29, 0.717) is 19.6 Å². The van der Waals surface area contributed by atoms with Gasteiger partial charge in [0.25, 0.3) is 0 Å². The molecule has 0 unspecified atom stereocenters. The number of halogens is 3. The van der Waals surface area contributed by atoms with Gasteiger partial charge in [-0.1, -0.05) is 0 Å². The first-order valence-corrected chi connectivity index (χ1v) is 8.70. The van der Waals surface area contributed by atoms with Gasteiger partial charge in [0.2, 0.25) is 0 Å². The number of amides is 2. The summed E-state index contributed by atoms with van der Waals surface area (Å²) in [5, 5.41) is 5.19. The minimum atomic E-state index is -1.60. The lowest BCUT2D eigenvalue weighted by atomic mass is 10.3. The van der Waals surface area contributed by atoms with Gasteiger partial charge in [-0.3, -0.25) is 0 Å². The Morgan fingerprint density at radius 2 is 1.96 bits per heavy atom. The second-order valence-corrected chi connectivity index (χ2v) is 6.59. The number of nitrogens with zero attached hydrogens (tertiary/aromatic N) is 3. The Morgan fingerprint density at radius 3 is 2.68 bits per heavy atom. The number of aromatic nitrogens is 1. The van der Waals surface area contributed by atoms with E-state index in [4.69, 9.17) is 0 Å². The molecule has 1 aliphatic rings. The first kappa shape index (κ1) is 17.5. The standard InChI is InChI=1S/C16H17F3N4OS/c1-10-9-25-16(20-10)23-6-2-5-22(7-8-23)15(24)21-12-4-3-11(17)13(18)14(12)19/h3-4,9H,2,5-8H2,1H3,(H,21,24). The van der Waals surface area contributed by atoms with Crippen LogP contribution in [-0.2, 0) is 0 Å². The van der Waals surface area contributed by atoms with Gasteiger partial charge in [0.05, 0.1) is 11.4 Å². The Kier molecular flexibility index (Phi) is 5.12. The Morgan fingerprint density at radius 1 is 1.16 bits per heavy atom. The maximum absolute atomic E-state index is 13.7. The van der Waals surface area contributed by atoms with Crippen molar-refractivity contribution in [3.63, 3.8) is 0 Å². The molecule has 5 nitrogen and oxygen atoms in total. The quantitative estimate of drug-likeness (QED) is 0.822. The maximum atomic E-state index is 13.7. The van der Waals surface area contributed by atoms with Gasteiger partial charge in [-0.25, -0.2) is 22.9 Å². The molecule has 3 rings (SSSR count). The van der Waals surface area contributed by atoms with Crippen molar-refractivity contribution < 1.29 is 18.0 Å². The Hall–Kier alpha value is -2.29. The van der Waals surface area contributed by atoms with Crippen LogP contribution in [0.25, 0.3) is 0 Å². The Balaban J connectivity index is 1.64. The molecule has 0 atom stereocenters. The third kappa shape index (κ3) is 3.87. The van der Waals surface area contributed by atoms with Crippen molar-refractivity contribution in [2.75, 3.05) is 36.4 Å². The van der Waals surface area contributed by atoms with Gasteiger partial charge in [0.1, 0.15) is 0 Å². The summed E-state index contributed by atoms with van der Waals surface area (Å²) in [5.74, 6) is -4.29. The summed E-state index contributed by atoms with van der Waals surface area (Å²) in [6.45, 7) is 4.19. The van der Waals surface area contributed by atoms with Crippen molar-refractivity contribution in [1.82, 2.24) is 9.88 Å². The van der Waals surface area contributed by atoms with Crippen molar-refractivity contribution in [1.29, 1.82) is 0 Å². The molecule has 25 heavy (non-hydrogen) atoms. The lowest BCUT2D eigenvalue weighted by Gasteiger charge is -2.22. The van der Waals surface area contributed by atoms with E-state index in [1.165, 1.54) is 4.90 Å². The first-order valence-electron chi connectivity index (χ1n) is 7.82. The van der Waals surface area contributed by atoms with E-state index in [0.717, 1.165) is 35.9 Å². The molecular formula is C16H17F3N4OS. The molecule has 1 N–H and O–H groups in total. The molecule has 2 amide bonds. The largest absolute Gasteiger partial charge is 0.346 e. The van der Waals surface area contributed by atoms with Gasteiger partial charge in [-0.15, -0.1) is 11.3 Å². The van der Waals surface area contributed by atoms with Gasteiger partial charge in [-0.05, 0) is 25.5 Å². The third-order valence-corrected chi connectivity index (χ3v) is 4.96. The minimum Gasteiger partial charge on any atom is -0.346 e. The van der Waals surface area contributed by atoms with Crippen LogP contribution in [0.1, 0.15) is 12.1 Å². The number of anilines is 2. The van der Waals surface area contributed by atoms with Gasteiger partial charge in [0, 0.05) is 31.6 Å². The number of hydrogen-bond acceptors (Lipinski definition) is 4. The van der Waals surface area contributed by atoms with Gasteiger partial charge < -0.3 is 15.1 Å². The third-order valence-electron chi connectivity index (χ3n) is 3.94. The molecule has 0 spiro atoms. The molecule has 0 aliphatic carbocycles. The Bertz CT molecular complexity index is 783. The summed E-state index contributed by atoms with van der Waals surface area (Å²) in [5.41, 5.74) is 0.577. The van der Waals surface area contributed by atoms with E-state index < -0.39 is 23.5 Å². The van der Waals surface area contributed by atoms with E-state index in [2.05, 4.69) is 15.2 Å². The smallest absolute Gasteiger partial charge is 0.321 e. The van der Waals surface area contributed by atoms with Crippen LogP contribution in [0.5, 0.6) is 0 Å². The predicted molar refractivity (Wildman–Crippen MR) is 90.6 cm³/mol. The number of thiazole rings is 1. The van der Waals surface area contributed by atoms with Crippen molar-refractivity contribution in [2.24, 2.45) is 0 Å². The van der Waals surface area contributed by atoms with Crippen LogP contribution >= 0.6 is 11.3 Å².